The molecule has 5 amide bonds. The summed E-state index contributed by atoms with van der Waals surface area (Å²) in [4.78, 5) is 72.0. The van der Waals surface area contributed by atoms with Crippen LogP contribution in [0.2, 0.25) is 0 Å². The number of para-hydroxylation sites is 1. The number of carbonyl (C=O) groups is 5. The van der Waals surface area contributed by atoms with Gasteiger partial charge in [-0.15, -0.1) is 0 Å². The molecule has 2 bridgehead atoms. The number of H-pyrrole nitrogens is 1. The number of likely N-dealkylation sites (tertiary alicyclic amines) is 2. The van der Waals surface area contributed by atoms with E-state index in [1.165, 1.54) is 4.90 Å². The molecule has 7 rings (SSSR count). The Balaban J connectivity index is 1.05. The molecule has 3 fully saturated rings. The highest BCUT2D eigenvalue weighted by molar-refractivity contribution is 5.96. The fourth-order valence-corrected chi connectivity index (χ4v) is 7.40. The fourth-order valence-electron chi connectivity index (χ4n) is 7.40. The second kappa shape index (κ2) is 13.2. The first-order chi connectivity index (χ1) is 22.1. The fraction of sp³-hybridized carbons (Fsp3) is 0.594. The van der Waals surface area contributed by atoms with E-state index >= 15 is 0 Å². The third-order valence-electron chi connectivity index (χ3n) is 10.1. The predicted molar refractivity (Wildman–Crippen MR) is 168 cm³/mol. The summed E-state index contributed by atoms with van der Waals surface area (Å²) in [6, 6.07) is 4.44. The van der Waals surface area contributed by atoms with Gasteiger partial charge in [-0.25, -0.2) is 0 Å². The van der Waals surface area contributed by atoms with Gasteiger partial charge in [0.25, 0.3) is 0 Å². The molecular weight excluding hydrogens is 590 g/mol. The Labute approximate surface area is 267 Å². The van der Waals surface area contributed by atoms with E-state index in [1.54, 1.807) is 4.90 Å². The lowest BCUT2D eigenvalue weighted by Gasteiger charge is -2.39. The van der Waals surface area contributed by atoms with Gasteiger partial charge in [-0.2, -0.15) is 10.2 Å². The summed E-state index contributed by atoms with van der Waals surface area (Å²) in [6.07, 6.45) is 7.55. The molecule has 4 aliphatic heterocycles. The van der Waals surface area contributed by atoms with Crippen molar-refractivity contribution < 1.29 is 24.0 Å². The van der Waals surface area contributed by atoms with Crippen LogP contribution >= 0.6 is 0 Å². The van der Waals surface area contributed by atoms with Crippen molar-refractivity contribution in [1.29, 1.82) is 0 Å². The van der Waals surface area contributed by atoms with E-state index in [9.17, 15) is 24.0 Å². The maximum atomic E-state index is 13.8. The van der Waals surface area contributed by atoms with Crippen LogP contribution in [0, 0.1) is 0 Å². The Morgan fingerprint density at radius 3 is 2.43 bits per heavy atom. The number of benzene rings is 1. The van der Waals surface area contributed by atoms with Gasteiger partial charge in [0.05, 0.1) is 24.0 Å². The van der Waals surface area contributed by atoms with E-state index in [1.807, 2.05) is 30.5 Å². The second-order valence-corrected chi connectivity index (χ2v) is 13.2. The normalized spacial score (nSPS) is 26.7. The second-order valence-electron chi connectivity index (χ2n) is 13.2. The number of amides is 5. The van der Waals surface area contributed by atoms with Gasteiger partial charge in [0.2, 0.25) is 29.5 Å². The summed E-state index contributed by atoms with van der Waals surface area (Å²) in [7, 11) is 0. The largest absolute Gasteiger partial charge is 0.368 e. The summed E-state index contributed by atoms with van der Waals surface area (Å²) in [5.41, 5.74) is 13.5. The van der Waals surface area contributed by atoms with Gasteiger partial charge in [-0.1, -0.05) is 18.2 Å². The maximum absolute atomic E-state index is 13.8. The summed E-state index contributed by atoms with van der Waals surface area (Å²) >= 11 is 0. The molecule has 1 saturated carbocycles. The van der Waals surface area contributed by atoms with Crippen LogP contribution < -0.4 is 22.1 Å². The highest BCUT2D eigenvalue weighted by atomic mass is 16.2. The van der Waals surface area contributed by atoms with Gasteiger partial charge in [0.15, 0.2) is 0 Å². The minimum atomic E-state index is -1.24. The molecule has 246 valence electrons. The zero-order valence-corrected chi connectivity index (χ0v) is 26.0. The van der Waals surface area contributed by atoms with Crippen molar-refractivity contribution >= 4 is 40.4 Å². The van der Waals surface area contributed by atoms with Gasteiger partial charge < -0.3 is 36.9 Å². The van der Waals surface area contributed by atoms with Crippen LogP contribution in [0.25, 0.3) is 10.9 Å². The predicted octanol–water partition coefficient (Wildman–Crippen LogP) is 0.643. The van der Waals surface area contributed by atoms with Gasteiger partial charge in [-0.05, 0) is 69.4 Å². The monoisotopic (exact) mass is 633 g/mol. The summed E-state index contributed by atoms with van der Waals surface area (Å²) in [5, 5.41) is 15.2. The van der Waals surface area contributed by atoms with Crippen LogP contribution in [0.15, 0.2) is 40.7 Å². The Hall–Kier alpha value is -4.33. The van der Waals surface area contributed by atoms with E-state index in [4.69, 9.17) is 11.5 Å². The Kier molecular flexibility index (Phi) is 9.07. The molecule has 0 spiro atoms. The van der Waals surface area contributed by atoms with E-state index in [-0.39, 0.29) is 24.3 Å². The van der Waals surface area contributed by atoms with Crippen LogP contribution in [-0.2, 0) is 30.4 Å². The van der Waals surface area contributed by atoms with Crippen molar-refractivity contribution in [3.05, 3.63) is 36.0 Å². The average molecular weight is 634 g/mol. The molecule has 0 radical (unpaired) electrons. The number of hydrogen-bond donors (Lipinski definition) is 5. The van der Waals surface area contributed by atoms with Crippen molar-refractivity contribution in [3.8, 4) is 0 Å². The van der Waals surface area contributed by atoms with Crippen LogP contribution in [-0.4, -0.2) is 99.7 Å². The minimum absolute atomic E-state index is 0.278. The third-order valence-corrected chi connectivity index (χ3v) is 10.1. The van der Waals surface area contributed by atoms with E-state index in [0.29, 0.717) is 51.7 Å². The molecule has 2 saturated heterocycles. The average Bonchev–Trinajstić information content (AvgIpc) is 3.84. The third kappa shape index (κ3) is 6.48. The Morgan fingerprint density at radius 1 is 1.00 bits per heavy atom. The highest BCUT2D eigenvalue weighted by Crippen LogP contribution is 2.38. The van der Waals surface area contributed by atoms with Gasteiger partial charge in [0.1, 0.15) is 18.1 Å². The first-order valence-corrected chi connectivity index (χ1v) is 16.3. The van der Waals surface area contributed by atoms with E-state index in [0.717, 1.165) is 42.1 Å². The molecule has 0 unspecified atom stereocenters. The summed E-state index contributed by atoms with van der Waals surface area (Å²) in [6.45, 7) is 1.06. The lowest BCUT2D eigenvalue weighted by molar-refractivity contribution is -0.147. The number of hydrogen-bond acceptors (Lipinski definition) is 8. The van der Waals surface area contributed by atoms with Crippen molar-refractivity contribution in [1.82, 2.24) is 25.4 Å². The van der Waals surface area contributed by atoms with Crippen LogP contribution in [0.1, 0.15) is 63.4 Å². The molecule has 1 aromatic heterocycles. The van der Waals surface area contributed by atoms with Crippen molar-refractivity contribution in [2.24, 2.45) is 21.7 Å². The number of nitrogens with one attached hydrogen (secondary N) is 3. The number of fused-ring (bicyclic) bond motifs is 3. The van der Waals surface area contributed by atoms with Crippen LogP contribution in [0.3, 0.4) is 0 Å². The molecular formula is C32H43N9O5. The summed E-state index contributed by atoms with van der Waals surface area (Å²) < 4.78 is 0. The minimum Gasteiger partial charge on any atom is -0.368 e. The van der Waals surface area contributed by atoms with Gasteiger partial charge in [0, 0.05) is 36.7 Å². The van der Waals surface area contributed by atoms with Crippen LogP contribution in [0.5, 0.6) is 0 Å². The van der Waals surface area contributed by atoms with E-state index < -0.39 is 47.4 Å². The lowest BCUT2D eigenvalue weighted by atomic mass is 9.78. The van der Waals surface area contributed by atoms with Crippen molar-refractivity contribution in [2.45, 2.75) is 100.0 Å². The topological polar surface area (TPSA) is 208 Å². The number of aromatic amines is 1. The number of rotatable bonds is 11. The first kappa shape index (κ1) is 31.6. The smallest absolute Gasteiger partial charge is 0.246 e. The number of primary amides is 1. The van der Waals surface area contributed by atoms with Crippen molar-refractivity contribution in [2.75, 3.05) is 19.6 Å². The van der Waals surface area contributed by atoms with Gasteiger partial charge in [-0.3, -0.25) is 24.0 Å². The number of nitrogens with two attached hydrogens (primary N) is 2. The molecule has 7 N–H and O–H groups in total. The highest BCUT2D eigenvalue weighted by Gasteiger charge is 2.44. The molecule has 4 atom stereocenters. The number of azo groups is 1. The molecule has 46 heavy (non-hydrogen) atoms. The quantitative estimate of drug-likeness (QED) is 0.240. The van der Waals surface area contributed by atoms with E-state index in [2.05, 4.69) is 25.8 Å². The molecule has 14 heteroatoms. The number of carbonyl (C=O) groups excluding carboxylic acids is 5. The molecule has 14 nitrogen and oxygen atoms in total. The lowest BCUT2D eigenvalue weighted by Crippen LogP contribution is -2.57. The Bertz CT molecular complexity index is 1530. The molecule has 5 aliphatic rings. The zero-order chi connectivity index (χ0) is 32.4. The van der Waals surface area contributed by atoms with Crippen LogP contribution in [0.4, 0.5) is 0 Å². The zero-order valence-electron chi connectivity index (χ0n) is 26.0. The number of aromatic nitrogens is 1. The first-order valence-electron chi connectivity index (χ1n) is 16.3. The molecule has 2 aromatic rings. The molecule has 1 aliphatic carbocycles. The Morgan fingerprint density at radius 2 is 1.72 bits per heavy atom. The molecule has 1 aromatic carbocycles. The number of nitrogens with zero attached hydrogens (tertiary/aromatic N) is 4. The molecule has 5 heterocycles. The van der Waals surface area contributed by atoms with Gasteiger partial charge >= 0.3 is 0 Å². The standard InChI is InChI=1S/C32H43N9O5/c33-22(15-19-17-35-23-6-2-1-5-21(19)23)30(45)41-14-4-8-26(41)31(46)40-13-3-7-25(40)29(44)37-24(28(34)43)16-27(42)36-18-32-11-9-20(10-12-32)38-39-32/h1-2,5-6,17,20,22,24-26,35H,3-4,7-16,18,33H2,(H2,34,43)(H,36,42)(H,37,44)/t20?,22-,24-,25-,26-,32?/m0/s1. The SMILES string of the molecule is NC(=O)[C@H](CC(=O)NCC12CCC(CC1)N=N2)NC(=O)[C@@H]1CCCN1C(=O)[C@@H]1CCCN1C(=O)[C@@H](N)Cc1c[nH]c2ccccc12. The van der Waals surface area contributed by atoms with Crippen molar-refractivity contribution in [3.63, 3.8) is 0 Å². The maximum Gasteiger partial charge on any atom is 0.246 e. The summed E-state index contributed by atoms with van der Waals surface area (Å²) in [5.74, 6) is -2.43.